The Bertz CT molecular complexity index is 1030. The summed E-state index contributed by atoms with van der Waals surface area (Å²) >= 11 is 0. The monoisotopic (exact) mass is 423 g/mol. The van der Waals surface area contributed by atoms with Gasteiger partial charge in [0.1, 0.15) is 0 Å². The first-order valence-electron chi connectivity index (χ1n) is 10.6. The molecule has 0 saturated carbocycles. The Kier molecular flexibility index (Phi) is 7.26. The summed E-state index contributed by atoms with van der Waals surface area (Å²) in [5, 5.41) is 5.70. The lowest BCUT2D eigenvalue weighted by Gasteiger charge is -2.29. The van der Waals surface area contributed by atoms with Gasteiger partial charge in [-0.1, -0.05) is 121 Å². The van der Waals surface area contributed by atoms with Crippen LogP contribution in [-0.4, -0.2) is 5.91 Å². The average molecular weight is 423 g/mol. The number of carbonyl (C=O) groups excluding carboxylic acids is 1. The van der Waals surface area contributed by atoms with Gasteiger partial charge in [0.05, 0.1) is 0 Å². The van der Waals surface area contributed by atoms with Crippen molar-refractivity contribution in [3.05, 3.63) is 132 Å². The van der Waals surface area contributed by atoms with Crippen LogP contribution in [0.2, 0.25) is 0 Å². The number of hydrogen-bond acceptors (Lipinski definition) is 1. The van der Waals surface area contributed by atoms with Gasteiger partial charge in [-0.15, -0.1) is 0 Å². The van der Waals surface area contributed by atoms with Crippen molar-refractivity contribution in [1.82, 2.24) is 5.32 Å². The van der Waals surface area contributed by atoms with E-state index in [0.717, 1.165) is 5.56 Å². The number of amides is 1. The molecule has 0 aliphatic carbocycles. The molecule has 154 valence electrons. The molecular weight excluding hydrogens is 397 g/mol. The molecule has 4 aromatic carbocycles. The molecule has 1 amide bonds. The molecular formula is C28H26NOP. The molecule has 0 radical (unpaired) electrons. The predicted octanol–water partition coefficient (Wildman–Crippen LogP) is 5.57. The molecule has 0 bridgehead atoms. The fraction of sp³-hybridized carbons (Fsp3) is 0.107. The van der Waals surface area contributed by atoms with Crippen LogP contribution in [0.4, 0.5) is 0 Å². The van der Waals surface area contributed by atoms with E-state index in [1.165, 1.54) is 16.2 Å². The van der Waals surface area contributed by atoms with E-state index in [1.807, 2.05) is 48.5 Å². The van der Waals surface area contributed by atoms with E-state index in [4.69, 9.17) is 0 Å². The topological polar surface area (TPSA) is 29.1 Å². The molecule has 0 unspecified atom stereocenters. The second-order valence-corrected chi connectivity index (χ2v) is 9.83. The lowest BCUT2D eigenvalue weighted by Crippen LogP contribution is -2.26. The maximum Gasteiger partial charge on any atom is 0.221 e. The van der Waals surface area contributed by atoms with E-state index in [1.54, 1.807) is 0 Å². The Morgan fingerprint density at radius 3 is 1.61 bits per heavy atom. The van der Waals surface area contributed by atoms with Crippen LogP contribution in [0.1, 0.15) is 23.2 Å². The molecule has 0 heterocycles. The molecule has 0 saturated heterocycles. The lowest BCUT2D eigenvalue weighted by atomic mass is 10.1. The van der Waals surface area contributed by atoms with Crippen LogP contribution in [0, 0.1) is 0 Å². The van der Waals surface area contributed by atoms with E-state index in [2.05, 4.69) is 78.1 Å². The maximum absolute atomic E-state index is 13.1. The van der Waals surface area contributed by atoms with E-state index in [0.29, 0.717) is 13.0 Å². The minimum absolute atomic E-state index is 0.0806. The first-order chi connectivity index (χ1) is 15.3. The zero-order valence-corrected chi connectivity index (χ0v) is 18.3. The quantitative estimate of drug-likeness (QED) is 0.369. The third kappa shape index (κ3) is 5.69. The molecule has 0 aliphatic heterocycles. The van der Waals surface area contributed by atoms with E-state index in [-0.39, 0.29) is 11.6 Å². The summed E-state index contributed by atoms with van der Waals surface area (Å²) in [6, 6.07) is 41.7. The second-order valence-electron chi connectivity index (χ2n) is 7.43. The zero-order chi connectivity index (χ0) is 21.3. The Morgan fingerprint density at radius 2 is 1.10 bits per heavy atom. The standard InChI is InChI=1S/C28H26NOP/c30-28(29-22-23-13-5-1-6-14-23)21-27(24-15-7-2-8-16-24)31(25-17-9-3-10-18-25)26-19-11-4-12-20-26/h1-20,27H,21-22H2,(H,29,30)/t27-/m1/s1. The van der Waals surface area contributed by atoms with Gasteiger partial charge in [0.25, 0.3) is 0 Å². The molecule has 4 rings (SSSR count). The van der Waals surface area contributed by atoms with Crippen LogP contribution in [0.25, 0.3) is 0 Å². The highest BCUT2D eigenvalue weighted by Crippen LogP contribution is 2.51. The van der Waals surface area contributed by atoms with Crippen molar-refractivity contribution in [3.8, 4) is 0 Å². The van der Waals surface area contributed by atoms with Crippen LogP contribution in [-0.2, 0) is 11.3 Å². The van der Waals surface area contributed by atoms with Crippen molar-refractivity contribution >= 4 is 24.4 Å². The van der Waals surface area contributed by atoms with Crippen LogP contribution < -0.4 is 15.9 Å². The molecule has 31 heavy (non-hydrogen) atoms. The number of rotatable bonds is 8. The Balaban J connectivity index is 1.65. The fourth-order valence-corrected chi connectivity index (χ4v) is 6.59. The lowest BCUT2D eigenvalue weighted by molar-refractivity contribution is -0.121. The van der Waals surface area contributed by atoms with Gasteiger partial charge in [-0.25, -0.2) is 0 Å². The summed E-state index contributed by atoms with van der Waals surface area (Å²) in [4.78, 5) is 13.1. The summed E-state index contributed by atoms with van der Waals surface area (Å²) in [5.41, 5.74) is 2.41. The summed E-state index contributed by atoms with van der Waals surface area (Å²) in [6.07, 6.45) is 0.451. The molecule has 0 fully saturated rings. The number of nitrogens with one attached hydrogen (secondary N) is 1. The molecule has 1 N–H and O–H groups in total. The van der Waals surface area contributed by atoms with E-state index < -0.39 is 7.92 Å². The van der Waals surface area contributed by atoms with Crippen molar-refractivity contribution in [2.45, 2.75) is 18.6 Å². The van der Waals surface area contributed by atoms with Crippen molar-refractivity contribution < 1.29 is 4.79 Å². The van der Waals surface area contributed by atoms with Gasteiger partial charge >= 0.3 is 0 Å². The Morgan fingerprint density at radius 1 is 0.645 bits per heavy atom. The van der Waals surface area contributed by atoms with Crippen LogP contribution in [0.3, 0.4) is 0 Å². The highest BCUT2D eigenvalue weighted by atomic mass is 31.1. The molecule has 0 spiro atoms. The summed E-state index contributed by atoms with van der Waals surface area (Å²) in [5.74, 6) is 0.0806. The van der Waals surface area contributed by atoms with Crippen LogP contribution >= 0.6 is 7.92 Å². The first kappa shape index (κ1) is 21.0. The van der Waals surface area contributed by atoms with Gasteiger partial charge in [0.2, 0.25) is 5.91 Å². The SMILES string of the molecule is O=C(C[C@H](c1ccccc1)P(c1ccccc1)c1ccccc1)NCc1ccccc1. The third-order valence-corrected chi connectivity index (χ3v) is 8.09. The number of benzene rings is 4. The first-order valence-corrected chi connectivity index (χ1v) is 12.0. The normalized spacial score (nSPS) is 11.8. The van der Waals surface area contributed by atoms with Crippen molar-refractivity contribution in [3.63, 3.8) is 0 Å². The number of hydrogen-bond donors (Lipinski definition) is 1. The molecule has 2 nitrogen and oxygen atoms in total. The average Bonchev–Trinajstić information content (AvgIpc) is 2.85. The minimum Gasteiger partial charge on any atom is -0.352 e. The van der Waals surface area contributed by atoms with Gasteiger partial charge in [-0.05, 0) is 29.7 Å². The van der Waals surface area contributed by atoms with E-state index >= 15 is 0 Å². The maximum atomic E-state index is 13.1. The Labute approximate surface area is 185 Å². The number of carbonyl (C=O) groups is 1. The molecule has 0 aromatic heterocycles. The largest absolute Gasteiger partial charge is 0.352 e. The summed E-state index contributed by atoms with van der Waals surface area (Å²) in [7, 11) is -0.749. The van der Waals surface area contributed by atoms with Gasteiger partial charge in [0, 0.05) is 18.6 Å². The molecule has 4 aromatic rings. The minimum atomic E-state index is -0.749. The highest BCUT2D eigenvalue weighted by molar-refractivity contribution is 7.73. The van der Waals surface area contributed by atoms with Gasteiger partial charge in [-0.2, -0.15) is 0 Å². The van der Waals surface area contributed by atoms with Crippen LogP contribution in [0.5, 0.6) is 0 Å². The summed E-state index contributed by atoms with van der Waals surface area (Å²) in [6.45, 7) is 0.551. The van der Waals surface area contributed by atoms with Crippen molar-refractivity contribution in [1.29, 1.82) is 0 Å². The van der Waals surface area contributed by atoms with Gasteiger partial charge < -0.3 is 5.32 Å². The third-order valence-electron chi connectivity index (χ3n) is 5.28. The fourth-order valence-electron chi connectivity index (χ4n) is 3.76. The highest BCUT2D eigenvalue weighted by Gasteiger charge is 2.28. The van der Waals surface area contributed by atoms with Gasteiger partial charge in [-0.3, -0.25) is 4.79 Å². The molecule has 0 aliphatic rings. The second kappa shape index (κ2) is 10.7. The Hall–Kier alpha value is -3.22. The van der Waals surface area contributed by atoms with Gasteiger partial charge in [0.15, 0.2) is 0 Å². The van der Waals surface area contributed by atoms with Crippen LogP contribution in [0.15, 0.2) is 121 Å². The van der Waals surface area contributed by atoms with Crippen molar-refractivity contribution in [2.75, 3.05) is 0 Å². The molecule has 3 heteroatoms. The zero-order valence-electron chi connectivity index (χ0n) is 17.4. The van der Waals surface area contributed by atoms with Crippen molar-refractivity contribution in [2.24, 2.45) is 0 Å². The predicted molar refractivity (Wildman–Crippen MR) is 131 cm³/mol. The smallest absolute Gasteiger partial charge is 0.221 e. The molecule has 1 atom stereocenters. The van der Waals surface area contributed by atoms with E-state index in [9.17, 15) is 4.79 Å². The summed E-state index contributed by atoms with van der Waals surface area (Å²) < 4.78 is 0.